The molecule has 0 bridgehead atoms. The van der Waals surface area contributed by atoms with Crippen LogP contribution in [0.5, 0.6) is 5.75 Å². The summed E-state index contributed by atoms with van der Waals surface area (Å²) in [6, 6.07) is 7.25. The van der Waals surface area contributed by atoms with Crippen LogP contribution in [-0.4, -0.2) is 18.2 Å². The number of para-hydroxylation sites is 1. The van der Waals surface area contributed by atoms with Crippen LogP contribution in [0.15, 0.2) is 24.3 Å². The number of aromatic hydroxyl groups is 1. The first-order valence-corrected chi connectivity index (χ1v) is 4.87. The number of hydrogen-bond acceptors (Lipinski definition) is 3. The highest BCUT2D eigenvalue weighted by molar-refractivity contribution is 5.65. The number of carbonyl (C=O) groups excluding carboxylic acids is 1. The Balaban J connectivity index is 0. The van der Waals surface area contributed by atoms with E-state index >= 15 is 0 Å². The summed E-state index contributed by atoms with van der Waals surface area (Å²) < 4.78 is 4.11. The zero-order valence-corrected chi connectivity index (χ0v) is 10.1. The SMILES string of the molecule is CC.COC(C)=O.Cc1ccccc1O. The molecule has 1 aromatic rings. The second kappa shape index (κ2) is 10.6. The highest BCUT2D eigenvalue weighted by Gasteiger charge is 1.86. The number of rotatable bonds is 0. The van der Waals surface area contributed by atoms with Crippen LogP contribution < -0.4 is 0 Å². The lowest BCUT2D eigenvalue weighted by Gasteiger charge is -1.92. The second-order valence-electron chi connectivity index (χ2n) is 2.48. The quantitative estimate of drug-likeness (QED) is 0.672. The zero-order chi connectivity index (χ0) is 12.3. The lowest BCUT2D eigenvalue weighted by Crippen LogP contribution is -1.88. The Hall–Kier alpha value is -1.51. The molecule has 0 unspecified atom stereocenters. The molecular weight excluding hydrogens is 192 g/mol. The van der Waals surface area contributed by atoms with Crippen molar-refractivity contribution in [3.8, 4) is 5.75 Å². The third-order valence-electron chi connectivity index (χ3n) is 1.40. The van der Waals surface area contributed by atoms with Gasteiger partial charge < -0.3 is 9.84 Å². The third kappa shape index (κ3) is 10.4. The molecule has 0 fully saturated rings. The molecule has 0 radical (unpaired) electrons. The van der Waals surface area contributed by atoms with E-state index in [1.165, 1.54) is 14.0 Å². The van der Waals surface area contributed by atoms with E-state index in [9.17, 15) is 4.79 Å². The van der Waals surface area contributed by atoms with Crippen LogP contribution in [0, 0.1) is 6.92 Å². The molecule has 3 heteroatoms. The van der Waals surface area contributed by atoms with Gasteiger partial charge in [0.15, 0.2) is 0 Å². The van der Waals surface area contributed by atoms with Gasteiger partial charge in [0.05, 0.1) is 7.11 Å². The Labute approximate surface area is 91.7 Å². The largest absolute Gasteiger partial charge is 0.508 e. The van der Waals surface area contributed by atoms with Crippen LogP contribution in [0.1, 0.15) is 26.3 Å². The van der Waals surface area contributed by atoms with Crippen molar-refractivity contribution in [3.63, 3.8) is 0 Å². The van der Waals surface area contributed by atoms with Gasteiger partial charge in [-0.3, -0.25) is 4.79 Å². The first-order valence-electron chi connectivity index (χ1n) is 4.87. The van der Waals surface area contributed by atoms with Crippen molar-refractivity contribution in [1.29, 1.82) is 0 Å². The summed E-state index contributed by atoms with van der Waals surface area (Å²) in [5, 5.41) is 8.92. The van der Waals surface area contributed by atoms with E-state index < -0.39 is 0 Å². The third-order valence-corrected chi connectivity index (χ3v) is 1.40. The molecular formula is C12H20O3. The smallest absolute Gasteiger partial charge is 0.302 e. The predicted molar refractivity (Wildman–Crippen MR) is 61.9 cm³/mol. The van der Waals surface area contributed by atoms with Gasteiger partial charge in [0.1, 0.15) is 5.75 Å². The monoisotopic (exact) mass is 212 g/mol. The van der Waals surface area contributed by atoms with Gasteiger partial charge in [-0.2, -0.15) is 0 Å². The fraction of sp³-hybridized carbons (Fsp3) is 0.417. The summed E-state index contributed by atoms with van der Waals surface area (Å²) in [5.41, 5.74) is 0.924. The van der Waals surface area contributed by atoms with Gasteiger partial charge in [0.2, 0.25) is 0 Å². The molecule has 0 saturated heterocycles. The average Bonchev–Trinajstić information content (AvgIpc) is 2.26. The van der Waals surface area contributed by atoms with E-state index in [0.29, 0.717) is 5.75 Å². The maximum atomic E-state index is 9.59. The van der Waals surface area contributed by atoms with Crippen LogP contribution in [0.3, 0.4) is 0 Å². The molecule has 3 nitrogen and oxygen atoms in total. The van der Waals surface area contributed by atoms with E-state index in [1.807, 2.05) is 39.0 Å². The highest BCUT2D eigenvalue weighted by Crippen LogP contribution is 2.12. The Bertz CT molecular complexity index is 248. The number of aryl methyl sites for hydroxylation is 1. The van der Waals surface area contributed by atoms with Gasteiger partial charge in [0.25, 0.3) is 0 Å². The minimum Gasteiger partial charge on any atom is -0.508 e. The van der Waals surface area contributed by atoms with Crippen molar-refractivity contribution >= 4 is 5.97 Å². The molecule has 1 aromatic carbocycles. The Kier molecular flexibility index (Phi) is 11.2. The zero-order valence-electron chi connectivity index (χ0n) is 10.1. The molecule has 86 valence electrons. The van der Waals surface area contributed by atoms with Crippen LogP contribution in [0.4, 0.5) is 0 Å². The van der Waals surface area contributed by atoms with Crippen molar-refractivity contribution in [2.24, 2.45) is 0 Å². The molecule has 1 N–H and O–H groups in total. The normalized spacial score (nSPS) is 7.53. The summed E-state index contributed by atoms with van der Waals surface area (Å²) in [6.07, 6.45) is 0. The van der Waals surface area contributed by atoms with E-state index in [0.717, 1.165) is 5.56 Å². The molecule has 0 amide bonds. The lowest BCUT2D eigenvalue weighted by atomic mass is 10.2. The van der Waals surface area contributed by atoms with E-state index in [-0.39, 0.29) is 5.97 Å². The number of phenolic OH excluding ortho intramolecular Hbond substituents is 1. The molecule has 0 aliphatic heterocycles. The van der Waals surface area contributed by atoms with Gasteiger partial charge in [-0.1, -0.05) is 32.0 Å². The van der Waals surface area contributed by atoms with Crippen molar-refractivity contribution in [2.45, 2.75) is 27.7 Å². The Morgan fingerprint density at radius 1 is 1.27 bits per heavy atom. The molecule has 0 aliphatic carbocycles. The maximum absolute atomic E-state index is 9.59. The fourth-order valence-electron chi connectivity index (χ4n) is 0.563. The van der Waals surface area contributed by atoms with E-state index in [2.05, 4.69) is 4.74 Å². The van der Waals surface area contributed by atoms with Crippen LogP contribution in [0.2, 0.25) is 0 Å². The molecule has 0 spiro atoms. The molecule has 0 atom stereocenters. The summed E-state index contributed by atoms with van der Waals surface area (Å²) in [5.74, 6) is 0.123. The number of phenols is 1. The second-order valence-corrected chi connectivity index (χ2v) is 2.48. The van der Waals surface area contributed by atoms with Crippen LogP contribution in [0.25, 0.3) is 0 Å². The molecule has 1 rings (SSSR count). The van der Waals surface area contributed by atoms with Crippen molar-refractivity contribution < 1.29 is 14.6 Å². The molecule has 0 saturated carbocycles. The van der Waals surface area contributed by atoms with Gasteiger partial charge >= 0.3 is 5.97 Å². The van der Waals surface area contributed by atoms with Crippen molar-refractivity contribution in [2.75, 3.05) is 7.11 Å². The van der Waals surface area contributed by atoms with Gasteiger partial charge in [-0.05, 0) is 18.6 Å². The number of benzene rings is 1. The summed E-state index contributed by atoms with van der Waals surface area (Å²) in [6.45, 7) is 7.23. The van der Waals surface area contributed by atoms with Crippen molar-refractivity contribution in [1.82, 2.24) is 0 Å². The Morgan fingerprint density at radius 3 is 1.87 bits per heavy atom. The first-order chi connectivity index (χ1) is 7.07. The van der Waals surface area contributed by atoms with Crippen LogP contribution >= 0.6 is 0 Å². The average molecular weight is 212 g/mol. The molecule has 0 aliphatic rings. The molecule has 0 aromatic heterocycles. The minimum atomic E-state index is -0.245. The standard InChI is InChI=1S/C7H8O.C3H6O2.C2H6/c1-6-4-2-3-5-7(6)8;1-3(4)5-2;1-2/h2-5,8H,1H3;1-2H3;1-2H3. The number of ether oxygens (including phenoxy) is 1. The maximum Gasteiger partial charge on any atom is 0.302 e. The van der Waals surface area contributed by atoms with Gasteiger partial charge in [-0.25, -0.2) is 0 Å². The van der Waals surface area contributed by atoms with Crippen molar-refractivity contribution in [3.05, 3.63) is 29.8 Å². The molecule has 0 heterocycles. The topological polar surface area (TPSA) is 46.5 Å². The minimum absolute atomic E-state index is 0.245. The van der Waals surface area contributed by atoms with E-state index in [4.69, 9.17) is 5.11 Å². The van der Waals surface area contributed by atoms with Gasteiger partial charge in [0, 0.05) is 6.92 Å². The number of methoxy groups -OCH3 is 1. The van der Waals surface area contributed by atoms with E-state index in [1.54, 1.807) is 6.07 Å². The predicted octanol–water partition coefficient (Wildman–Crippen LogP) is 2.91. The number of carbonyl (C=O) groups is 1. The summed E-state index contributed by atoms with van der Waals surface area (Å²) in [7, 11) is 1.35. The highest BCUT2D eigenvalue weighted by atomic mass is 16.5. The van der Waals surface area contributed by atoms with Crippen LogP contribution in [-0.2, 0) is 9.53 Å². The Morgan fingerprint density at radius 2 is 1.67 bits per heavy atom. The fourth-order valence-corrected chi connectivity index (χ4v) is 0.563. The molecule has 15 heavy (non-hydrogen) atoms. The summed E-state index contributed by atoms with van der Waals surface area (Å²) >= 11 is 0. The van der Waals surface area contributed by atoms with Gasteiger partial charge in [-0.15, -0.1) is 0 Å². The first kappa shape index (κ1) is 15.9. The lowest BCUT2D eigenvalue weighted by molar-refractivity contribution is -0.137. The summed E-state index contributed by atoms with van der Waals surface area (Å²) in [4.78, 5) is 9.59. The number of hydrogen-bond donors (Lipinski definition) is 1. The number of esters is 1.